The van der Waals surface area contributed by atoms with Crippen LogP contribution in [0.25, 0.3) is 0 Å². The summed E-state index contributed by atoms with van der Waals surface area (Å²) in [7, 11) is 0. The molecule has 2 heterocycles. The van der Waals surface area contributed by atoms with Crippen LogP contribution in [0.15, 0.2) is 72.5 Å². The van der Waals surface area contributed by atoms with Crippen LogP contribution in [0.4, 0.5) is 5.95 Å². The summed E-state index contributed by atoms with van der Waals surface area (Å²) < 4.78 is 13.0. The average molecular weight is 438 g/mol. The fourth-order valence-corrected chi connectivity index (χ4v) is 3.58. The Morgan fingerprint density at radius 3 is 2.84 bits per heavy atom. The molecule has 0 aliphatic carbocycles. The first-order chi connectivity index (χ1) is 15.1. The van der Waals surface area contributed by atoms with Gasteiger partial charge in [0.05, 0.1) is 5.57 Å². The lowest BCUT2D eigenvalue weighted by atomic mass is 9.95. The van der Waals surface area contributed by atoms with Crippen molar-refractivity contribution in [1.29, 1.82) is 0 Å². The van der Waals surface area contributed by atoms with Crippen LogP contribution in [0.5, 0.6) is 5.75 Å². The van der Waals surface area contributed by atoms with Gasteiger partial charge in [-0.25, -0.2) is 4.79 Å². The first-order valence-corrected chi connectivity index (χ1v) is 9.96. The number of tetrazole rings is 1. The number of fused-ring (bicyclic) bond motifs is 1. The Morgan fingerprint density at radius 2 is 2.03 bits per heavy atom. The van der Waals surface area contributed by atoms with Gasteiger partial charge in [-0.1, -0.05) is 65.8 Å². The number of nitrogens with zero attached hydrogens (tertiary/aromatic N) is 4. The fourth-order valence-electron chi connectivity index (χ4n) is 3.39. The van der Waals surface area contributed by atoms with E-state index in [0.717, 1.165) is 11.1 Å². The lowest BCUT2D eigenvalue weighted by molar-refractivity contribution is -0.138. The van der Waals surface area contributed by atoms with Crippen molar-refractivity contribution in [3.63, 3.8) is 0 Å². The van der Waals surface area contributed by atoms with Crippen LogP contribution >= 0.6 is 11.6 Å². The minimum absolute atomic E-state index is 0.0927. The number of hydrogen-bond acceptors (Lipinski definition) is 7. The molecule has 1 aliphatic rings. The van der Waals surface area contributed by atoms with E-state index < -0.39 is 12.0 Å². The first-order valence-electron chi connectivity index (χ1n) is 9.59. The minimum atomic E-state index is -0.633. The number of allylic oxidation sites excluding steroid dienone is 1. The van der Waals surface area contributed by atoms with Crippen molar-refractivity contribution >= 4 is 23.5 Å². The van der Waals surface area contributed by atoms with Crippen LogP contribution in [0.2, 0.25) is 5.02 Å². The van der Waals surface area contributed by atoms with Gasteiger partial charge < -0.3 is 14.8 Å². The van der Waals surface area contributed by atoms with Gasteiger partial charge in [-0.05, 0) is 29.5 Å². The molecular formula is C22H20ClN5O3. The predicted octanol–water partition coefficient (Wildman–Crippen LogP) is 3.92. The average Bonchev–Trinajstić information content (AvgIpc) is 3.24. The van der Waals surface area contributed by atoms with Crippen LogP contribution in [0.3, 0.4) is 0 Å². The number of carbonyl (C=O) groups excluding carboxylic acids is 1. The number of para-hydroxylation sites is 1. The van der Waals surface area contributed by atoms with E-state index >= 15 is 0 Å². The molecule has 3 aromatic rings. The molecule has 1 unspecified atom stereocenters. The zero-order valence-corrected chi connectivity index (χ0v) is 17.5. The highest BCUT2D eigenvalue weighted by Crippen LogP contribution is 2.39. The molecule has 0 saturated carbocycles. The molecule has 2 aromatic carbocycles. The highest BCUT2D eigenvalue weighted by atomic mass is 35.5. The summed E-state index contributed by atoms with van der Waals surface area (Å²) in [5.74, 6) is 0.512. The maximum absolute atomic E-state index is 12.9. The van der Waals surface area contributed by atoms with Gasteiger partial charge in [-0.3, -0.25) is 0 Å². The van der Waals surface area contributed by atoms with E-state index in [0.29, 0.717) is 28.0 Å². The Hall–Kier alpha value is -3.65. The summed E-state index contributed by atoms with van der Waals surface area (Å²) in [6.07, 6.45) is 1.52. The van der Waals surface area contributed by atoms with Crippen LogP contribution < -0.4 is 10.1 Å². The maximum Gasteiger partial charge on any atom is 0.338 e. The highest BCUT2D eigenvalue weighted by molar-refractivity contribution is 6.31. The van der Waals surface area contributed by atoms with Crippen LogP contribution in [0.1, 0.15) is 24.1 Å². The molecular weight excluding hydrogens is 418 g/mol. The molecule has 0 amide bonds. The van der Waals surface area contributed by atoms with E-state index in [9.17, 15) is 4.79 Å². The number of halogens is 1. The van der Waals surface area contributed by atoms with Crippen molar-refractivity contribution in [2.75, 3.05) is 11.9 Å². The number of ether oxygens (including phenoxy) is 2. The minimum Gasteiger partial charge on any atom is -0.488 e. The molecule has 1 atom stereocenters. The van der Waals surface area contributed by atoms with Gasteiger partial charge in [-0.15, -0.1) is 0 Å². The summed E-state index contributed by atoms with van der Waals surface area (Å²) in [4.78, 5) is 12.9. The quantitative estimate of drug-likeness (QED) is 0.442. The highest BCUT2D eigenvalue weighted by Gasteiger charge is 2.36. The zero-order chi connectivity index (χ0) is 21.8. The van der Waals surface area contributed by atoms with Crippen molar-refractivity contribution < 1.29 is 14.3 Å². The Labute approximate surface area is 184 Å². The molecule has 4 rings (SSSR count). The molecule has 1 aromatic heterocycles. The van der Waals surface area contributed by atoms with Crippen molar-refractivity contribution in [2.45, 2.75) is 19.6 Å². The van der Waals surface area contributed by atoms with Crippen molar-refractivity contribution in [2.24, 2.45) is 0 Å². The second-order valence-electron chi connectivity index (χ2n) is 6.82. The molecule has 9 heteroatoms. The Bertz CT molecular complexity index is 1160. The molecule has 31 heavy (non-hydrogen) atoms. The Morgan fingerprint density at radius 1 is 1.26 bits per heavy atom. The number of rotatable bonds is 7. The number of aromatic nitrogens is 4. The van der Waals surface area contributed by atoms with Gasteiger partial charge in [0.2, 0.25) is 5.95 Å². The van der Waals surface area contributed by atoms with E-state index in [1.165, 1.54) is 10.8 Å². The SMILES string of the molecule is C=CCOC(=O)C1=C(C)Nc2nnnn2C1c1ccccc1OCc1ccccc1Cl. The number of benzene rings is 2. The normalized spacial score (nSPS) is 15.1. The zero-order valence-electron chi connectivity index (χ0n) is 16.8. The molecule has 0 fully saturated rings. The van der Waals surface area contributed by atoms with Crippen molar-refractivity contribution in [1.82, 2.24) is 20.2 Å². The Balaban J connectivity index is 1.74. The number of esters is 1. The van der Waals surface area contributed by atoms with E-state index in [1.54, 1.807) is 6.92 Å². The third kappa shape index (κ3) is 4.15. The molecule has 0 radical (unpaired) electrons. The van der Waals surface area contributed by atoms with E-state index in [2.05, 4.69) is 27.4 Å². The summed E-state index contributed by atoms with van der Waals surface area (Å²) >= 11 is 6.27. The predicted molar refractivity (Wildman–Crippen MR) is 116 cm³/mol. The summed E-state index contributed by atoms with van der Waals surface area (Å²) in [6.45, 7) is 5.74. The third-order valence-electron chi connectivity index (χ3n) is 4.82. The van der Waals surface area contributed by atoms with Gasteiger partial charge in [0.1, 0.15) is 25.0 Å². The smallest absolute Gasteiger partial charge is 0.338 e. The second-order valence-corrected chi connectivity index (χ2v) is 7.23. The lowest BCUT2D eigenvalue weighted by Crippen LogP contribution is -2.30. The fraction of sp³-hybridized carbons (Fsp3) is 0.182. The maximum atomic E-state index is 12.9. The largest absolute Gasteiger partial charge is 0.488 e. The van der Waals surface area contributed by atoms with Gasteiger partial charge in [-0.2, -0.15) is 4.68 Å². The topological polar surface area (TPSA) is 91.2 Å². The molecule has 1 N–H and O–H groups in total. The van der Waals surface area contributed by atoms with E-state index in [1.807, 2.05) is 48.5 Å². The molecule has 0 bridgehead atoms. The van der Waals surface area contributed by atoms with Gasteiger partial charge in [0.15, 0.2) is 0 Å². The lowest BCUT2D eigenvalue weighted by Gasteiger charge is -2.28. The standard InChI is InChI=1S/C22H20ClN5O3/c1-3-12-30-21(29)19-14(2)24-22-25-26-27-28(22)20(19)16-9-5-7-11-18(16)31-13-15-8-4-6-10-17(15)23/h3-11,20H,1,12-13H2,2H3,(H,24,25,27). The number of anilines is 1. The number of nitrogens with one attached hydrogen (secondary N) is 1. The van der Waals surface area contributed by atoms with E-state index in [4.69, 9.17) is 21.1 Å². The molecule has 158 valence electrons. The molecule has 8 nitrogen and oxygen atoms in total. The van der Waals surface area contributed by atoms with Crippen molar-refractivity contribution in [3.05, 3.63) is 88.6 Å². The first kappa shape index (κ1) is 20.6. The van der Waals surface area contributed by atoms with Gasteiger partial charge in [0, 0.05) is 21.8 Å². The summed E-state index contributed by atoms with van der Waals surface area (Å²) in [6, 6.07) is 14.3. The second kappa shape index (κ2) is 9.01. The van der Waals surface area contributed by atoms with Crippen LogP contribution in [-0.2, 0) is 16.1 Å². The van der Waals surface area contributed by atoms with Crippen molar-refractivity contribution in [3.8, 4) is 5.75 Å². The third-order valence-corrected chi connectivity index (χ3v) is 5.19. The summed E-state index contributed by atoms with van der Waals surface area (Å²) in [5, 5.41) is 15.5. The van der Waals surface area contributed by atoms with Crippen LogP contribution in [0, 0.1) is 0 Å². The van der Waals surface area contributed by atoms with Gasteiger partial charge in [0.25, 0.3) is 0 Å². The summed E-state index contributed by atoms with van der Waals surface area (Å²) in [5.41, 5.74) is 2.55. The Kier molecular flexibility index (Phi) is 5.99. The molecule has 0 spiro atoms. The van der Waals surface area contributed by atoms with E-state index in [-0.39, 0.29) is 13.2 Å². The van der Waals surface area contributed by atoms with Gasteiger partial charge >= 0.3 is 5.97 Å². The van der Waals surface area contributed by atoms with Crippen LogP contribution in [-0.4, -0.2) is 32.8 Å². The number of carbonyl (C=O) groups is 1. The molecule has 1 aliphatic heterocycles. The molecule has 0 saturated heterocycles. The monoisotopic (exact) mass is 437 g/mol. The number of hydrogen-bond donors (Lipinski definition) is 1.